The van der Waals surface area contributed by atoms with E-state index in [-0.39, 0.29) is 18.4 Å². The molecule has 2 fully saturated rings. The summed E-state index contributed by atoms with van der Waals surface area (Å²) in [4.78, 5) is 10.8. The lowest BCUT2D eigenvalue weighted by atomic mass is 9.74. The standard InChI is InChI=1S/C10H17NO2.ClH/c12-10(13)9-5-7-3-1-2-4-8(7)6-11-9;/h7-9,11H,1-6H2,(H,12,13);1H. The first kappa shape index (κ1) is 11.8. The topological polar surface area (TPSA) is 49.3 Å². The van der Waals surface area contributed by atoms with Gasteiger partial charge in [0.05, 0.1) is 0 Å². The number of carboxylic acids is 1. The van der Waals surface area contributed by atoms with Gasteiger partial charge in [-0.3, -0.25) is 4.79 Å². The Labute approximate surface area is 90.7 Å². The Morgan fingerprint density at radius 1 is 1.21 bits per heavy atom. The molecular formula is C10H18ClNO2. The maximum absolute atomic E-state index is 10.8. The maximum Gasteiger partial charge on any atom is 0.320 e. The zero-order valence-corrected chi connectivity index (χ0v) is 9.05. The number of fused-ring (bicyclic) bond motifs is 1. The predicted octanol–water partition coefficient (Wildman–Crippen LogP) is 1.66. The van der Waals surface area contributed by atoms with E-state index in [2.05, 4.69) is 5.32 Å². The van der Waals surface area contributed by atoms with E-state index in [9.17, 15) is 4.79 Å². The Bertz CT molecular complexity index is 210. The minimum atomic E-state index is -0.677. The van der Waals surface area contributed by atoms with Crippen LogP contribution in [0.25, 0.3) is 0 Å². The van der Waals surface area contributed by atoms with E-state index in [0.717, 1.165) is 18.9 Å². The van der Waals surface area contributed by atoms with Crippen molar-refractivity contribution in [3.05, 3.63) is 0 Å². The summed E-state index contributed by atoms with van der Waals surface area (Å²) >= 11 is 0. The van der Waals surface area contributed by atoms with Gasteiger partial charge in [-0.05, 0) is 31.2 Å². The Morgan fingerprint density at radius 3 is 2.50 bits per heavy atom. The quantitative estimate of drug-likeness (QED) is 0.705. The van der Waals surface area contributed by atoms with E-state index in [4.69, 9.17) is 5.11 Å². The number of hydrogen-bond acceptors (Lipinski definition) is 2. The fourth-order valence-corrected chi connectivity index (χ4v) is 2.73. The first-order valence-corrected chi connectivity index (χ1v) is 5.23. The second-order valence-electron chi connectivity index (χ2n) is 4.34. The van der Waals surface area contributed by atoms with Crippen molar-refractivity contribution in [3.63, 3.8) is 0 Å². The summed E-state index contributed by atoms with van der Waals surface area (Å²) in [5.74, 6) is 0.754. The molecule has 0 aromatic carbocycles. The van der Waals surface area contributed by atoms with E-state index in [0.29, 0.717) is 5.92 Å². The molecule has 0 aromatic rings. The first-order chi connectivity index (χ1) is 6.27. The molecule has 1 heterocycles. The molecule has 1 aliphatic heterocycles. The molecule has 82 valence electrons. The van der Waals surface area contributed by atoms with Crippen LogP contribution < -0.4 is 5.32 Å². The SMILES string of the molecule is Cl.O=C(O)C1CC2CCCCC2CN1. The number of halogens is 1. The molecule has 14 heavy (non-hydrogen) atoms. The van der Waals surface area contributed by atoms with Crippen LogP contribution in [0, 0.1) is 11.8 Å². The average molecular weight is 220 g/mol. The summed E-state index contributed by atoms with van der Waals surface area (Å²) in [6.07, 6.45) is 6.02. The third-order valence-electron chi connectivity index (χ3n) is 3.53. The van der Waals surface area contributed by atoms with Gasteiger partial charge in [-0.1, -0.05) is 19.3 Å². The molecule has 1 saturated carbocycles. The Morgan fingerprint density at radius 2 is 1.86 bits per heavy atom. The molecular weight excluding hydrogens is 202 g/mol. The molecule has 1 saturated heterocycles. The van der Waals surface area contributed by atoms with Crippen molar-refractivity contribution in [1.82, 2.24) is 5.32 Å². The first-order valence-electron chi connectivity index (χ1n) is 5.23. The molecule has 0 radical (unpaired) electrons. The number of piperidine rings is 1. The van der Waals surface area contributed by atoms with Crippen molar-refractivity contribution in [3.8, 4) is 0 Å². The molecule has 1 aliphatic carbocycles. The van der Waals surface area contributed by atoms with Gasteiger partial charge < -0.3 is 10.4 Å². The third kappa shape index (κ3) is 2.39. The number of aliphatic carboxylic acids is 1. The Balaban J connectivity index is 0.000000980. The molecule has 0 amide bonds. The Kier molecular flexibility index (Phi) is 4.20. The lowest BCUT2D eigenvalue weighted by molar-refractivity contribution is -0.141. The Hall–Kier alpha value is -0.280. The lowest BCUT2D eigenvalue weighted by Gasteiger charge is -2.38. The smallest absolute Gasteiger partial charge is 0.320 e. The van der Waals surface area contributed by atoms with E-state index in [1.54, 1.807) is 0 Å². The van der Waals surface area contributed by atoms with Gasteiger partial charge in [0.25, 0.3) is 0 Å². The second kappa shape index (κ2) is 4.99. The van der Waals surface area contributed by atoms with Gasteiger partial charge in [0.2, 0.25) is 0 Å². The minimum Gasteiger partial charge on any atom is -0.480 e. The van der Waals surface area contributed by atoms with E-state index < -0.39 is 5.97 Å². The van der Waals surface area contributed by atoms with Crippen LogP contribution in [0.2, 0.25) is 0 Å². The summed E-state index contributed by atoms with van der Waals surface area (Å²) in [6, 6.07) is -0.278. The van der Waals surface area contributed by atoms with Gasteiger partial charge in [0.1, 0.15) is 6.04 Å². The van der Waals surface area contributed by atoms with Crippen molar-refractivity contribution in [2.75, 3.05) is 6.54 Å². The normalized spacial score (nSPS) is 36.7. The molecule has 2 rings (SSSR count). The summed E-state index contributed by atoms with van der Waals surface area (Å²) in [6.45, 7) is 0.918. The molecule has 3 nitrogen and oxygen atoms in total. The van der Waals surface area contributed by atoms with Gasteiger partial charge in [-0.15, -0.1) is 12.4 Å². The van der Waals surface area contributed by atoms with Gasteiger partial charge in [-0.2, -0.15) is 0 Å². The van der Waals surface area contributed by atoms with Crippen molar-refractivity contribution >= 4 is 18.4 Å². The van der Waals surface area contributed by atoms with Crippen LogP contribution in [0.4, 0.5) is 0 Å². The summed E-state index contributed by atoms with van der Waals surface area (Å²) in [5.41, 5.74) is 0. The van der Waals surface area contributed by atoms with Crippen molar-refractivity contribution in [1.29, 1.82) is 0 Å². The number of hydrogen-bond donors (Lipinski definition) is 2. The molecule has 4 heteroatoms. The molecule has 0 bridgehead atoms. The molecule has 2 N–H and O–H groups in total. The number of carbonyl (C=O) groups is 1. The highest BCUT2D eigenvalue weighted by molar-refractivity contribution is 5.85. The highest BCUT2D eigenvalue weighted by Crippen LogP contribution is 2.35. The molecule has 0 aromatic heterocycles. The highest BCUT2D eigenvalue weighted by atomic mass is 35.5. The lowest BCUT2D eigenvalue weighted by Crippen LogP contribution is -2.48. The van der Waals surface area contributed by atoms with E-state index in [1.165, 1.54) is 25.7 Å². The van der Waals surface area contributed by atoms with Gasteiger partial charge in [0.15, 0.2) is 0 Å². The van der Waals surface area contributed by atoms with E-state index >= 15 is 0 Å². The van der Waals surface area contributed by atoms with Gasteiger partial charge in [0, 0.05) is 0 Å². The third-order valence-corrected chi connectivity index (χ3v) is 3.53. The molecule has 3 unspecified atom stereocenters. The van der Waals surface area contributed by atoms with Crippen LogP contribution >= 0.6 is 12.4 Å². The van der Waals surface area contributed by atoms with Crippen LogP contribution in [0.1, 0.15) is 32.1 Å². The van der Waals surface area contributed by atoms with Gasteiger partial charge >= 0.3 is 5.97 Å². The van der Waals surface area contributed by atoms with Crippen molar-refractivity contribution in [2.45, 2.75) is 38.1 Å². The summed E-state index contributed by atoms with van der Waals surface area (Å²) < 4.78 is 0. The minimum absolute atomic E-state index is 0. The largest absolute Gasteiger partial charge is 0.480 e. The van der Waals surface area contributed by atoms with E-state index in [1.807, 2.05) is 0 Å². The van der Waals surface area contributed by atoms with Crippen LogP contribution in [0.3, 0.4) is 0 Å². The fourth-order valence-electron chi connectivity index (χ4n) is 2.73. The molecule has 3 atom stereocenters. The van der Waals surface area contributed by atoms with Crippen LogP contribution in [0.15, 0.2) is 0 Å². The predicted molar refractivity (Wildman–Crippen MR) is 56.7 cm³/mol. The maximum atomic E-state index is 10.8. The molecule has 0 spiro atoms. The average Bonchev–Trinajstić information content (AvgIpc) is 2.17. The second-order valence-corrected chi connectivity index (χ2v) is 4.34. The zero-order valence-electron chi connectivity index (χ0n) is 8.24. The molecule has 2 aliphatic rings. The summed E-state index contributed by atoms with van der Waals surface area (Å²) in [5, 5.41) is 12.0. The summed E-state index contributed by atoms with van der Waals surface area (Å²) in [7, 11) is 0. The highest BCUT2D eigenvalue weighted by Gasteiger charge is 2.34. The monoisotopic (exact) mass is 219 g/mol. The van der Waals surface area contributed by atoms with Crippen LogP contribution in [-0.4, -0.2) is 23.7 Å². The zero-order chi connectivity index (χ0) is 9.26. The van der Waals surface area contributed by atoms with Crippen molar-refractivity contribution < 1.29 is 9.90 Å². The van der Waals surface area contributed by atoms with Crippen molar-refractivity contribution in [2.24, 2.45) is 11.8 Å². The fraction of sp³-hybridized carbons (Fsp3) is 0.900. The van der Waals surface area contributed by atoms with Crippen LogP contribution in [-0.2, 0) is 4.79 Å². The van der Waals surface area contributed by atoms with Crippen LogP contribution in [0.5, 0.6) is 0 Å². The number of carboxylic acid groups (broad SMARTS) is 1. The van der Waals surface area contributed by atoms with Gasteiger partial charge in [-0.25, -0.2) is 0 Å². The number of rotatable bonds is 1. The number of nitrogens with one attached hydrogen (secondary N) is 1.